The molecule has 0 spiro atoms. The summed E-state index contributed by atoms with van der Waals surface area (Å²) in [7, 11) is 0. The maximum atomic E-state index is 13.3. The van der Waals surface area contributed by atoms with Gasteiger partial charge in [0, 0.05) is 12.6 Å². The number of likely N-dealkylation sites (N-methyl/N-ethyl adjacent to an activating group) is 1. The van der Waals surface area contributed by atoms with Crippen molar-refractivity contribution in [3.63, 3.8) is 0 Å². The predicted molar refractivity (Wildman–Crippen MR) is 82.5 cm³/mol. The molecule has 0 bridgehead atoms. The fourth-order valence-corrected chi connectivity index (χ4v) is 1.64. The van der Waals surface area contributed by atoms with Gasteiger partial charge in [-0.1, -0.05) is 0 Å². The van der Waals surface area contributed by atoms with Crippen molar-refractivity contribution in [2.75, 3.05) is 18.4 Å². The number of ether oxygens (including phenoxy) is 1. The highest BCUT2D eigenvalue weighted by atomic mass is 19.1. The molecule has 8 heteroatoms. The van der Waals surface area contributed by atoms with E-state index in [1.54, 1.807) is 20.8 Å². The van der Waals surface area contributed by atoms with Crippen molar-refractivity contribution in [2.24, 2.45) is 0 Å². The first-order valence-corrected chi connectivity index (χ1v) is 7.15. The molecule has 23 heavy (non-hydrogen) atoms. The highest BCUT2D eigenvalue weighted by Gasteiger charge is 2.17. The summed E-state index contributed by atoms with van der Waals surface area (Å²) in [6.45, 7) is 5.37. The second kappa shape index (κ2) is 8.72. The Hall–Kier alpha value is -2.64. The van der Waals surface area contributed by atoms with Gasteiger partial charge in [-0.3, -0.25) is 14.4 Å². The maximum Gasteiger partial charge on any atom is 0.313 e. The lowest BCUT2D eigenvalue weighted by Crippen LogP contribution is -2.41. The van der Waals surface area contributed by atoms with Crippen LogP contribution in [0.2, 0.25) is 0 Å². The third kappa shape index (κ3) is 6.33. The SMILES string of the molecule is CCNC(=O)CNC(=O)C(=O)Nc1cc(F)ccc1OC(C)C. The Labute approximate surface area is 133 Å². The summed E-state index contributed by atoms with van der Waals surface area (Å²) in [6.07, 6.45) is -0.192. The molecule has 0 fully saturated rings. The number of amides is 3. The summed E-state index contributed by atoms with van der Waals surface area (Å²) in [5, 5.41) is 6.90. The fourth-order valence-electron chi connectivity index (χ4n) is 1.64. The van der Waals surface area contributed by atoms with Crippen LogP contribution < -0.4 is 20.7 Å². The summed E-state index contributed by atoms with van der Waals surface area (Å²) >= 11 is 0. The normalized spacial score (nSPS) is 10.1. The number of anilines is 1. The van der Waals surface area contributed by atoms with Gasteiger partial charge >= 0.3 is 11.8 Å². The molecule has 1 aromatic rings. The minimum absolute atomic E-state index is 0.0388. The van der Waals surface area contributed by atoms with Gasteiger partial charge in [-0.25, -0.2) is 4.39 Å². The van der Waals surface area contributed by atoms with Crippen LogP contribution in [-0.2, 0) is 14.4 Å². The molecule has 0 radical (unpaired) electrons. The molecule has 1 rings (SSSR count). The Morgan fingerprint density at radius 1 is 1.17 bits per heavy atom. The van der Waals surface area contributed by atoms with Crippen LogP contribution in [0.5, 0.6) is 5.75 Å². The minimum Gasteiger partial charge on any atom is -0.489 e. The van der Waals surface area contributed by atoms with Gasteiger partial charge in [0.2, 0.25) is 5.91 Å². The molecule has 126 valence electrons. The molecule has 1 aromatic carbocycles. The topological polar surface area (TPSA) is 96.5 Å². The molecule has 0 saturated heterocycles. The predicted octanol–water partition coefficient (Wildman–Crippen LogP) is 0.804. The van der Waals surface area contributed by atoms with Crippen LogP contribution in [0.3, 0.4) is 0 Å². The minimum atomic E-state index is -1.02. The van der Waals surface area contributed by atoms with E-state index in [4.69, 9.17) is 4.74 Å². The summed E-state index contributed by atoms with van der Waals surface area (Å²) in [5.41, 5.74) is 0.0388. The van der Waals surface area contributed by atoms with Gasteiger partial charge in [-0.15, -0.1) is 0 Å². The molecule has 0 heterocycles. The van der Waals surface area contributed by atoms with Gasteiger partial charge in [0.25, 0.3) is 0 Å². The second-order valence-corrected chi connectivity index (χ2v) is 4.90. The Kier molecular flexibility index (Phi) is 6.98. The molecule has 0 unspecified atom stereocenters. The van der Waals surface area contributed by atoms with Crippen LogP contribution in [0, 0.1) is 5.82 Å². The van der Waals surface area contributed by atoms with Gasteiger partial charge in [-0.2, -0.15) is 0 Å². The second-order valence-electron chi connectivity index (χ2n) is 4.90. The van der Waals surface area contributed by atoms with Crippen molar-refractivity contribution in [2.45, 2.75) is 26.9 Å². The van der Waals surface area contributed by atoms with E-state index in [1.165, 1.54) is 12.1 Å². The van der Waals surface area contributed by atoms with Crippen molar-refractivity contribution in [1.82, 2.24) is 10.6 Å². The van der Waals surface area contributed by atoms with Crippen molar-refractivity contribution in [1.29, 1.82) is 0 Å². The molecular formula is C15H20FN3O4. The summed E-state index contributed by atoms with van der Waals surface area (Å²) in [5.74, 6) is -2.78. The number of rotatable bonds is 6. The Morgan fingerprint density at radius 2 is 1.87 bits per heavy atom. The molecule has 0 saturated carbocycles. The van der Waals surface area contributed by atoms with Gasteiger partial charge in [-0.05, 0) is 32.9 Å². The number of hydrogen-bond donors (Lipinski definition) is 3. The molecule has 0 aliphatic rings. The summed E-state index contributed by atoms with van der Waals surface area (Å²) in [6, 6.07) is 3.59. The van der Waals surface area contributed by atoms with Crippen LogP contribution in [0.15, 0.2) is 18.2 Å². The molecule has 3 N–H and O–H groups in total. The number of carbonyl (C=O) groups excluding carboxylic acids is 3. The molecular weight excluding hydrogens is 305 g/mol. The molecule has 0 aliphatic heterocycles. The first kappa shape index (κ1) is 18.4. The van der Waals surface area contributed by atoms with Gasteiger partial charge in [0.05, 0.1) is 18.3 Å². The number of hydrogen-bond acceptors (Lipinski definition) is 4. The number of benzene rings is 1. The molecule has 7 nitrogen and oxygen atoms in total. The van der Waals surface area contributed by atoms with Gasteiger partial charge < -0.3 is 20.7 Å². The fraction of sp³-hybridized carbons (Fsp3) is 0.400. The Bertz CT molecular complexity index is 590. The first-order chi connectivity index (χ1) is 10.8. The van der Waals surface area contributed by atoms with E-state index in [2.05, 4.69) is 16.0 Å². The maximum absolute atomic E-state index is 13.3. The smallest absolute Gasteiger partial charge is 0.313 e. The highest BCUT2D eigenvalue weighted by molar-refractivity contribution is 6.40. The molecule has 0 atom stereocenters. The number of carbonyl (C=O) groups is 3. The van der Waals surface area contributed by atoms with E-state index >= 15 is 0 Å². The molecule has 0 aromatic heterocycles. The van der Waals surface area contributed by atoms with Gasteiger partial charge in [0.15, 0.2) is 0 Å². The lowest BCUT2D eigenvalue weighted by Gasteiger charge is -2.15. The number of nitrogens with one attached hydrogen (secondary N) is 3. The average molecular weight is 325 g/mol. The average Bonchev–Trinajstić information content (AvgIpc) is 2.47. The highest BCUT2D eigenvalue weighted by Crippen LogP contribution is 2.26. The zero-order valence-electron chi connectivity index (χ0n) is 13.2. The van der Waals surface area contributed by atoms with E-state index in [-0.39, 0.29) is 24.1 Å². The third-order valence-corrected chi connectivity index (χ3v) is 2.54. The van der Waals surface area contributed by atoms with Crippen molar-refractivity contribution < 1.29 is 23.5 Å². The first-order valence-electron chi connectivity index (χ1n) is 7.15. The van der Waals surface area contributed by atoms with E-state index < -0.39 is 23.5 Å². The lowest BCUT2D eigenvalue weighted by molar-refractivity contribution is -0.136. The summed E-state index contributed by atoms with van der Waals surface area (Å²) in [4.78, 5) is 34.7. The molecule has 0 aliphatic carbocycles. The van der Waals surface area contributed by atoms with Crippen LogP contribution in [0.1, 0.15) is 20.8 Å². The van der Waals surface area contributed by atoms with E-state index in [1.807, 2.05) is 0 Å². The Morgan fingerprint density at radius 3 is 2.48 bits per heavy atom. The van der Waals surface area contributed by atoms with Crippen LogP contribution in [-0.4, -0.2) is 36.9 Å². The number of halogens is 1. The largest absolute Gasteiger partial charge is 0.489 e. The quantitative estimate of drug-likeness (QED) is 0.674. The van der Waals surface area contributed by atoms with Crippen LogP contribution >= 0.6 is 0 Å². The zero-order valence-corrected chi connectivity index (χ0v) is 13.2. The Balaban J connectivity index is 2.70. The molecule has 3 amide bonds. The van der Waals surface area contributed by atoms with Crippen LogP contribution in [0.25, 0.3) is 0 Å². The van der Waals surface area contributed by atoms with Crippen molar-refractivity contribution >= 4 is 23.4 Å². The van der Waals surface area contributed by atoms with E-state index in [0.29, 0.717) is 6.54 Å². The zero-order chi connectivity index (χ0) is 17.4. The van der Waals surface area contributed by atoms with E-state index in [0.717, 1.165) is 6.07 Å². The lowest BCUT2D eigenvalue weighted by atomic mass is 10.2. The standard InChI is InChI=1S/C15H20FN3O4/c1-4-17-13(20)8-18-14(21)15(22)19-11-7-10(16)5-6-12(11)23-9(2)3/h5-7,9H,4,8H2,1-3H3,(H,17,20)(H,18,21)(H,19,22). The monoisotopic (exact) mass is 325 g/mol. The third-order valence-electron chi connectivity index (χ3n) is 2.54. The van der Waals surface area contributed by atoms with Gasteiger partial charge in [0.1, 0.15) is 11.6 Å². The summed E-state index contributed by atoms with van der Waals surface area (Å²) < 4.78 is 18.7. The van der Waals surface area contributed by atoms with Crippen molar-refractivity contribution in [3.8, 4) is 5.75 Å². The van der Waals surface area contributed by atoms with E-state index in [9.17, 15) is 18.8 Å². The van der Waals surface area contributed by atoms with Crippen LogP contribution in [0.4, 0.5) is 10.1 Å². The van der Waals surface area contributed by atoms with Crippen molar-refractivity contribution in [3.05, 3.63) is 24.0 Å².